The van der Waals surface area contributed by atoms with Crippen LogP contribution in [-0.2, 0) is 22.6 Å². The maximum absolute atomic E-state index is 13.5. The molecule has 7 nitrogen and oxygen atoms in total. The van der Waals surface area contributed by atoms with Crippen molar-refractivity contribution in [3.63, 3.8) is 0 Å². The average Bonchev–Trinajstić information content (AvgIpc) is 3.43. The molecule has 200 valence electrons. The Kier molecular flexibility index (Phi) is 7.41. The molecular weight excluding hydrogens is 494 g/mol. The van der Waals surface area contributed by atoms with Crippen LogP contribution in [0.4, 0.5) is 0 Å². The van der Waals surface area contributed by atoms with Crippen LogP contribution in [0, 0.1) is 0 Å². The number of carbonyl (C=O) groups is 2. The predicted octanol–water partition coefficient (Wildman–Crippen LogP) is 5.60. The van der Waals surface area contributed by atoms with E-state index in [9.17, 15) is 14.7 Å². The molecule has 0 aromatic heterocycles. The van der Waals surface area contributed by atoms with Gasteiger partial charge in [0.15, 0.2) is 11.5 Å². The first-order chi connectivity index (χ1) is 18.9. The Balaban J connectivity index is 1.64. The quantitative estimate of drug-likeness (QED) is 0.170. The molecule has 7 heteroatoms. The molecule has 0 saturated carbocycles. The van der Waals surface area contributed by atoms with Crippen molar-refractivity contribution in [3.8, 4) is 17.2 Å². The van der Waals surface area contributed by atoms with E-state index < -0.39 is 17.7 Å². The maximum Gasteiger partial charge on any atom is 0.295 e. The van der Waals surface area contributed by atoms with Crippen LogP contribution in [0.25, 0.3) is 5.76 Å². The number of hydrogen-bond donors (Lipinski definition) is 1. The Hall–Kier alpha value is -4.52. The van der Waals surface area contributed by atoms with Gasteiger partial charge in [0.2, 0.25) is 0 Å². The lowest BCUT2D eigenvalue weighted by molar-refractivity contribution is -0.140. The summed E-state index contributed by atoms with van der Waals surface area (Å²) in [5.41, 5.74) is 2.93. The van der Waals surface area contributed by atoms with Gasteiger partial charge in [-0.3, -0.25) is 9.59 Å². The second kappa shape index (κ2) is 11.1. The van der Waals surface area contributed by atoms with Gasteiger partial charge in [0.05, 0.1) is 18.2 Å². The Labute approximate surface area is 227 Å². The molecule has 1 fully saturated rings. The van der Waals surface area contributed by atoms with Gasteiger partial charge in [-0.2, -0.15) is 0 Å². The summed E-state index contributed by atoms with van der Waals surface area (Å²) in [6.07, 6.45) is 2.38. The smallest absolute Gasteiger partial charge is 0.295 e. The van der Waals surface area contributed by atoms with Crippen LogP contribution in [0.5, 0.6) is 17.2 Å². The summed E-state index contributed by atoms with van der Waals surface area (Å²) in [5.74, 6) is 0.133. The number of rotatable bonds is 9. The van der Waals surface area contributed by atoms with Crippen LogP contribution in [0.1, 0.15) is 42.1 Å². The standard InChI is InChI=1S/C32H31NO6/c1-4-15-38-26-14-11-22(18-27(26)37-5-2)29-28(30(34)23-12-13-25-24(17-23)16-20(3)39-25)31(35)32(36)33(29)19-21-9-7-6-8-10-21/h4,6-14,17-18,20,29,34H,1,5,15-16,19H2,2-3H3/b30-28+/t20-,29+/m0/s1. The minimum atomic E-state index is -0.832. The molecule has 0 aliphatic carbocycles. The van der Waals surface area contributed by atoms with Gasteiger partial charge in [-0.1, -0.05) is 49.1 Å². The third-order valence-corrected chi connectivity index (χ3v) is 6.85. The highest BCUT2D eigenvalue weighted by Gasteiger charge is 2.46. The molecule has 1 N–H and O–H groups in total. The monoisotopic (exact) mass is 525 g/mol. The third kappa shape index (κ3) is 5.12. The first-order valence-corrected chi connectivity index (χ1v) is 13.0. The van der Waals surface area contributed by atoms with E-state index in [-0.39, 0.29) is 24.0 Å². The van der Waals surface area contributed by atoms with Crippen molar-refractivity contribution in [2.45, 2.75) is 39.0 Å². The Bertz CT molecular complexity index is 1440. The highest BCUT2D eigenvalue weighted by Crippen LogP contribution is 2.43. The molecular formula is C32H31NO6. The van der Waals surface area contributed by atoms with E-state index >= 15 is 0 Å². The second-order valence-corrected chi connectivity index (χ2v) is 9.61. The maximum atomic E-state index is 13.5. The van der Waals surface area contributed by atoms with Crippen molar-refractivity contribution in [3.05, 3.63) is 107 Å². The molecule has 1 saturated heterocycles. The van der Waals surface area contributed by atoms with Crippen LogP contribution in [0.2, 0.25) is 0 Å². The highest BCUT2D eigenvalue weighted by atomic mass is 16.5. The van der Waals surface area contributed by atoms with Crippen LogP contribution in [0.3, 0.4) is 0 Å². The number of hydrogen-bond acceptors (Lipinski definition) is 6. The fraction of sp³-hybridized carbons (Fsp3) is 0.250. The van der Waals surface area contributed by atoms with E-state index in [0.29, 0.717) is 42.3 Å². The predicted molar refractivity (Wildman–Crippen MR) is 148 cm³/mol. The number of carbonyl (C=O) groups excluding carboxylic acids is 2. The minimum Gasteiger partial charge on any atom is -0.507 e. The summed E-state index contributed by atoms with van der Waals surface area (Å²) in [5, 5.41) is 11.5. The van der Waals surface area contributed by atoms with Gasteiger partial charge in [0, 0.05) is 18.5 Å². The van der Waals surface area contributed by atoms with Crippen LogP contribution in [-0.4, -0.2) is 41.0 Å². The van der Waals surface area contributed by atoms with Crippen molar-refractivity contribution in [1.29, 1.82) is 0 Å². The average molecular weight is 526 g/mol. The first-order valence-electron chi connectivity index (χ1n) is 13.0. The molecule has 39 heavy (non-hydrogen) atoms. The largest absolute Gasteiger partial charge is 0.507 e. The SMILES string of the molecule is C=CCOc1ccc([C@@H]2/C(=C(\O)c3ccc4c(c3)C[C@H](C)O4)C(=O)C(=O)N2Cc2ccccc2)cc1OCC. The van der Waals surface area contributed by atoms with Gasteiger partial charge >= 0.3 is 0 Å². The van der Waals surface area contributed by atoms with Gasteiger partial charge in [0.25, 0.3) is 11.7 Å². The minimum absolute atomic E-state index is 0.0325. The van der Waals surface area contributed by atoms with Gasteiger partial charge < -0.3 is 24.2 Å². The fourth-order valence-corrected chi connectivity index (χ4v) is 5.13. The topological polar surface area (TPSA) is 85.3 Å². The first kappa shape index (κ1) is 26.1. The Morgan fingerprint density at radius 2 is 1.87 bits per heavy atom. The van der Waals surface area contributed by atoms with E-state index in [1.165, 1.54) is 4.90 Å². The fourth-order valence-electron chi connectivity index (χ4n) is 5.13. The second-order valence-electron chi connectivity index (χ2n) is 9.61. The van der Waals surface area contributed by atoms with Crippen molar-refractivity contribution in [1.82, 2.24) is 4.90 Å². The normalized spacial score (nSPS) is 19.5. The van der Waals surface area contributed by atoms with Gasteiger partial charge in [-0.25, -0.2) is 0 Å². The molecule has 2 heterocycles. The van der Waals surface area contributed by atoms with E-state index in [4.69, 9.17) is 14.2 Å². The van der Waals surface area contributed by atoms with E-state index in [2.05, 4.69) is 6.58 Å². The van der Waals surface area contributed by atoms with Crippen LogP contribution >= 0.6 is 0 Å². The Morgan fingerprint density at radius 3 is 2.62 bits per heavy atom. The molecule has 3 aromatic rings. The zero-order valence-electron chi connectivity index (χ0n) is 22.1. The number of aliphatic hydroxyl groups is 1. The summed E-state index contributed by atoms with van der Waals surface area (Å²) < 4.78 is 17.4. The zero-order chi connectivity index (χ0) is 27.5. The lowest BCUT2D eigenvalue weighted by Gasteiger charge is -2.26. The lowest BCUT2D eigenvalue weighted by atomic mass is 9.94. The highest BCUT2D eigenvalue weighted by molar-refractivity contribution is 6.46. The number of ketones is 1. The summed E-state index contributed by atoms with van der Waals surface area (Å²) >= 11 is 0. The summed E-state index contributed by atoms with van der Waals surface area (Å²) in [6, 6.07) is 19.3. The number of benzene rings is 3. The van der Waals surface area contributed by atoms with Crippen molar-refractivity contribution < 1.29 is 28.9 Å². The van der Waals surface area contributed by atoms with Crippen molar-refractivity contribution in [2.75, 3.05) is 13.2 Å². The number of amides is 1. The number of ether oxygens (including phenoxy) is 3. The molecule has 0 bridgehead atoms. The number of fused-ring (bicyclic) bond motifs is 1. The third-order valence-electron chi connectivity index (χ3n) is 6.85. The molecule has 2 aliphatic rings. The lowest BCUT2D eigenvalue weighted by Crippen LogP contribution is -2.29. The van der Waals surface area contributed by atoms with Gasteiger partial charge in [-0.05, 0) is 60.9 Å². The number of Topliss-reactive ketones (excluding diaryl/α,β-unsaturated/α-hetero) is 1. The summed E-state index contributed by atoms with van der Waals surface area (Å²) in [4.78, 5) is 28.4. The Morgan fingerprint density at radius 1 is 1.08 bits per heavy atom. The van der Waals surface area contributed by atoms with E-state index in [1.807, 2.05) is 50.2 Å². The molecule has 1 amide bonds. The van der Waals surface area contributed by atoms with E-state index in [0.717, 1.165) is 16.9 Å². The molecule has 2 atom stereocenters. The van der Waals surface area contributed by atoms with Crippen LogP contribution < -0.4 is 14.2 Å². The zero-order valence-corrected chi connectivity index (χ0v) is 22.1. The van der Waals surface area contributed by atoms with E-state index in [1.54, 1.807) is 36.4 Å². The molecule has 2 aliphatic heterocycles. The van der Waals surface area contributed by atoms with Crippen LogP contribution in [0.15, 0.2) is 85.0 Å². The number of nitrogens with zero attached hydrogens (tertiary/aromatic N) is 1. The number of aliphatic hydroxyl groups excluding tert-OH is 1. The molecule has 0 radical (unpaired) electrons. The van der Waals surface area contributed by atoms with Crippen molar-refractivity contribution >= 4 is 17.4 Å². The van der Waals surface area contributed by atoms with Gasteiger partial charge in [-0.15, -0.1) is 0 Å². The molecule has 0 unspecified atom stereocenters. The molecule has 5 rings (SSSR count). The van der Waals surface area contributed by atoms with Crippen molar-refractivity contribution in [2.24, 2.45) is 0 Å². The summed E-state index contributed by atoms with van der Waals surface area (Å²) in [7, 11) is 0. The number of likely N-dealkylation sites (tertiary alicyclic amines) is 1. The molecule has 3 aromatic carbocycles. The molecule has 0 spiro atoms. The summed E-state index contributed by atoms with van der Waals surface area (Å²) in [6.45, 7) is 8.43. The van der Waals surface area contributed by atoms with Gasteiger partial charge in [0.1, 0.15) is 24.2 Å².